The molecule has 0 aromatic rings. The third-order valence-corrected chi connectivity index (χ3v) is 12.4. The minimum absolute atomic E-state index is 0.0736. The van der Waals surface area contributed by atoms with Gasteiger partial charge in [0, 0.05) is 12.8 Å². The van der Waals surface area contributed by atoms with Crippen LogP contribution in [0.15, 0.2) is 0 Å². The number of carbonyl (C=O) groups excluding carboxylic acids is 2. The lowest BCUT2D eigenvalue weighted by atomic mass is 9.97. The Morgan fingerprint density at radius 3 is 1.07 bits per heavy atom. The number of carbonyl (C=O) groups is 2. The van der Waals surface area contributed by atoms with E-state index in [9.17, 15) is 40.2 Å². The fourth-order valence-corrected chi connectivity index (χ4v) is 8.44. The van der Waals surface area contributed by atoms with Gasteiger partial charge in [-0.2, -0.15) is 0 Å². The van der Waals surface area contributed by atoms with E-state index in [0.717, 1.165) is 38.5 Å². The van der Waals surface area contributed by atoms with E-state index in [1.54, 1.807) is 0 Å². The van der Waals surface area contributed by atoms with E-state index < -0.39 is 86.6 Å². The van der Waals surface area contributed by atoms with Gasteiger partial charge in [0.15, 0.2) is 24.8 Å². The summed E-state index contributed by atoms with van der Waals surface area (Å²) in [7, 11) is 0. The minimum Gasteiger partial charge on any atom is -0.455 e. The molecule has 2 aliphatic rings. The molecule has 0 unspecified atom stereocenters. The molecule has 13 heteroatoms. The molecule has 0 saturated carbocycles. The van der Waals surface area contributed by atoms with Crippen molar-refractivity contribution in [1.82, 2.24) is 0 Å². The van der Waals surface area contributed by atoms with Crippen molar-refractivity contribution < 1.29 is 63.9 Å². The van der Waals surface area contributed by atoms with E-state index in [1.165, 1.54) is 141 Å². The average Bonchev–Trinajstić information content (AvgIpc) is 3.25. The first-order valence-electron chi connectivity index (χ1n) is 25.0. The van der Waals surface area contributed by atoms with Gasteiger partial charge in [0.05, 0.1) is 13.2 Å². The van der Waals surface area contributed by atoms with E-state index in [2.05, 4.69) is 13.8 Å². The molecule has 6 N–H and O–H groups in total. The highest BCUT2D eigenvalue weighted by atomic mass is 16.8. The summed E-state index contributed by atoms with van der Waals surface area (Å²) in [6.45, 7) is 3.10. The second-order valence-corrected chi connectivity index (χ2v) is 17.9. The molecule has 13 nitrogen and oxygen atoms in total. The molecular weight excluding hydrogens is 785 g/mol. The molecular formula is C48H90O13. The molecule has 2 aliphatic heterocycles. The molecule has 2 heterocycles. The van der Waals surface area contributed by atoms with E-state index >= 15 is 0 Å². The topological polar surface area (TPSA) is 202 Å². The van der Waals surface area contributed by atoms with Gasteiger partial charge in [-0.05, 0) is 12.8 Å². The maximum Gasteiger partial charge on any atom is 0.306 e. The van der Waals surface area contributed by atoms with Crippen LogP contribution < -0.4 is 0 Å². The first-order valence-corrected chi connectivity index (χ1v) is 25.0. The monoisotopic (exact) mass is 875 g/mol. The van der Waals surface area contributed by atoms with Gasteiger partial charge < -0.3 is 54.3 Å². The van der Waals surface area contributed by atoms with Crippen molar-refractivity contribution in [2.75, 3.05) is 13.2 Å². The Morgan fingerprint density at radius 2 is 0.705 bits per heavy atom. The number of hydrogen-bond acceptors (Lipinski definition) is 13. The van der Waals surface area contributed by atoms with Crippen molar-refractivity contribution in [2.24, 2.45) is 0 Å². The SMILES string of the molecule is CCCCCCCCCCCCCCCCCC(=O)O[C@@H]1[C@@H](O)[C@@H](O[C@H]2O[C@H](CO)[C@@H](O)[C@H](O)[C@H]2O)O[C@H](CO)[C@H]1OC(=O)CCCCCCCCCCCCCCCCC. The van der Waals surface area contributed by atoms with Crippen molar-refractivity contribution in [3.63, 3.8) is 0 Å². The quantitative estimate of drug-likeness (QED) is 0.0256. The number of aliphatic hydroxyl groups excluding tert-OH is 6. The van der Waals surface area contributed by atoms with Gasteiger partial charge >= 0.3 is 11.9 Å². The number of esters is 2. The Kier molecular flexibility index (Phi) is 32.8. The lowest BCUT2D eigenvalue weighted by Gasteiger charge is -2.46. The number of rotatable bonds is 38. The molecule has 360 valence electrons. The largest absolute Gasteiger partial charge is 0.455 e. The summed E-state index contributed by atoms with van der Waals surface area (Å²) in [5.74, 6) is -1.20. The summed E-state index contributed by atoms with van der Waals surface area (Å²) in [6.07, 6.45) is 20.1. The van der Waals surface area contributed by atoms with Crippen molar-refractivity contribution in [2.45, 2.75) is 281 Å². The summed E-state index contributed by atoms with van der Waals surface area (Å²) in [5.41, 5.74) is 0. The molecule has 0 bridgehead atoms. The predicted octanol–water partition coefficient (Wildman–Crippen LogP) is 8.23. The molecule has 0 aliphatic carbocycles. The smallest absolute Gasteiger partial charge is 0.306 e. The minimum atomic E-state index is -1.79. The van der Waals surface area contributed by atoms with Crippen molar-refractivity contribution in [1.29, 1.82) is 0 Å². The summed E-state index contributed by atoms with van der Waals surface area (Å²) in [6, 6.07) is 0. The molecule has 0 amide bonds. The average molecular weight is 875 g/mol. The molecule has 10 atom stereocenters. The highest BCUT2D eigenvalue weighted by Crippen LogP contribution is 2.31. The Hall–Kier alpha value is -1.42. The van der Waals surface area contributed by atoms with Crippen LogP contribution in [-0.2, 0) is 33.3 Å². The van der Waals surface area contributed by atoms with Crippen molar-refractivity contribution >= 4 is 11.9 Å². The van der Waals surface area contributed by atoms with Crippen LogP contribution in [0.3, 0.4) is 0 Å². The lowest BCUT2D eigenvalue weighted by molar-refractivity contribution is -0.376. The van der Waals surface area contributed by atoms with Gasteiger partial charge in [0.2, 0.25) is 0 Å². The Balaban J connectivity index is 1.83. The number of hydrogen-bond donors (Lipinski definition) is 6. The molecule has 0 radical (unpaired) electrons. The van der Waals surface area contributed by atoms with Gasteiger partial charge in [-0.3, -0.25) is 9.59 Å². The Labute approximate surface area is 369 Å². The normalized spacial score (nSPS) is 26.7. The molecule has 0 aromatic carbocycles. The number of ether oxygens (including phenoxy) is 5. The van der Waals surface area contributed by atoms with Gasteiger partial charge in [-0.25, -0.2) is 0 Å². The van der Waals surface area contributed by atoms with Crippen LogP contribution in [0.4, 0.5) is 0 Å². The molecule has 2 saturated heterocycles. The van der Waals surface area contributed by atoms with Gasteiger partial charge in [-0.1, -0.05) is 194 Å². The highest BCUT2D eigenvalue weighted by molar-refractivity contribution is 5.70. The van der Waals surface area contributed by atoms with E-state index in [-0.39, 0.29) is 12.8 Å². The van der Waals surface area contributed by atoms with Crippen LogP contribution in [0.25, 0.3) is 0 Å². The van der Waals surface area contributed by atoms with E-state index in [0.29, 0.717) is 12.8 Å². The number of aliphatic hydroxyl groups is 6. The number of unbranched alkanes of at least 4 members (excludes halogenated alkanes) is 28. The predicted molar refractivity (Wildman–Crippen MR) is 235 cm³/mol. The summed E-state index contributed by atoms with van der Waals surface area (Å²) in [5, 5.41) is 62.4. The first-order chi connectivity index (χ1) is 29.7. The van der Waals surface area contributed by atoms with Crippen LogP contribution in [0.1, 0.15) is 219 Å². The summed E-state index contributed by atoms with van der Waals surface area (Å²) >= 11 is 0. The van der Waals surface area contributed by atoms with Gasteiger partial charge in [-0.15, -0.1) is 0 Å². The zero-order valence-corrected chi connectivity index (χ0v) is 38.4. The second-order valence-electron chi connectivity index (χ2n) is 17.9. The maximum absolute atomic E-state index is 13.2. The molecule has 2 fully saturated rings. The Morgan fingerprint density at radius 1 is 0.393 bits per heavy atom. The molecule has 2 rings (SSSR count). The van der Waals surface area contributed by atoms with Crippen LogP contribution in [-0.4, -0.2) is 117 Å². The zero-order chi connectivity index (χ0) is 44.5. The highest BCUT2D eigenvalue weighted by Gasteiger charge is 2.53. The van der Waals surface area contributed by atoms with Crippen molar-refractivity contribution in [3.8, 4) is 0 Å². The van der Waals surface area contributed by atoms with E-state index in [1.807, 2.05) is 0 Å². The third-order valence-electron chi connectivity index (χ3n) is 12.4. The lowest BCUT2D eigenvalue weighted by Crippen LogP contribution is -2.65. The van der Waals surface area contributed by atoms with Crippen LogP contribution in [0.5, 0.6) is 0 Å². The third kappa shape index (κ3) is 23.9. The molecule has 0 spiro atoms. The second kappa shape index (κ2) is 35.9. The zero-order valence-electron chi connectivity index (χ0n) is 38.4. The fourth-order valence-electron chi connectivity index (χ4n) is 8.44. The van der Waals surface area contributed by atoms with Crippen LogP contribution in [0, 0.1) is 0 Å². The molecule has 0 aromatic heterocycles. The van der Waals surface area contributed by atoms with Crippen molar-refractivity contribution in [3.05, 3.63) is 0 Å². The van der Waals surface area contributed by atoms with Gasteiger partial charge in [0.25, 0.3) is 0 Å². The van der Waals surface area contributed by atoms with E-state index in [4.69, 9.17) is 23.7 Å². The standard InChI is InChI=1S/C48H90O13/c1-3-5-7-9-11-13-15-17-19-21-23-25-27-29-31-33-39(51)59-45-38(36-50)58-48(61-47-43(55)42(54)41(53)37(35-49)57-47)44(56)46(45)60-40(52)34-32-30-28-26-24-22-20-18-16-14-12-10-8-6-4-2/h37-38,41-50,53-56H,3-36H2,1-2H3/t37-,38-,41-,42+,43-,44-,45-,46-,47-,48-/m1/s1. The van der Waals surface area contributed by atoms with Crippen LogP contribution in [0.2, 0.25) is 0 Å². The summed E-state index contributed by atoms with van der Waals surface area (Å²) in [4.78, 5) is 26.3. The first kappa shape index (κ1) is 55.7. The van der Waals surface area contributed by atoms with Gasteiger partial charge in [0.1, 0.15) is 36.6 Å². The van der Waals surface area contributed by atoms with Crippen LogP contribution >= 0.6 is 0 Å². The summed E-state index contributed by atoms with van der Waals surface area (Å²) < 4.78 is 28.4. The Bertz CT molecular complexity index is 1060. The molecule has 61 heavy (non-hydrogen) atoms. The maximum atomic E-state index is 13.2. The fraction of sp³-hybridized carbons (Fsp3) is 0.958.